The highest BCUT2D eigenvalue weighted by Crippen LogP contribution is 2.45. The second-order valence-electron chi connectivity index (χ2n) is 6.92. The van der Waals surface area contributed by atoms with Crippen LogP contribution < -0.4 is 14.8 Å². The van der Waals surface area contributed by atoms with Crippen LogP contribution in [0.3, 0.4) is 0 Å². The second-order valence-corrected chi connectivity index (χ2v) is 7.36. The van der Waals surface area contributed by atoms with E-state index in [0.29, 0.717) is 35.3 Å². The molecule has 1 fully saturated rings. The van der Waals surface area contributed by atoms with Crippen molar-refractivity contribution in [1.82, 2.24) is 5.32 Å². The monoisotopic (exact) mass is 385 g/mol. The Morgan fingerprint density at radius 2 is 1.67 bits per heavy atom. The summed E-state index contributed by atoms with van der Waals surface area (Å²) in [5, 5.41) is 3.75. The Hall–Kier alpha value is -2.53. The van der Waals surface area contributed by atoms with Crippen LogP contribution in [0.4, 0.5) is 0 Å². The number of hydrogen-bond donors (Lipinski definition) is 1. The number of carbonyl (C=O) groups excluding carboxylic acids is 2. The lowest BCUT2D eigenvalue weighted by molar-refractivity contribution is -0.122. The van der Waals surface area contributed by atoms with Crippen molar-refractivity contribution >= 4 is 23.3 Å². The van der Waals surface area contributed by atoms with E-state index in [1.165, 1.54) is 0 Å². The van der Waals surface area contributed by atoms with Crippen molar-refractivity contribution in [3.05, 3.63) is 58.6 Å². The van der Waals surface area contributed by atoms with Crippen molar-refractivity contribution in [3.63, 3.8) is 0 Å². The molecule has 4 rings (SSSR count). The van der Waals surface area contributed by atoms with E-state index in [1.807, 2.05) is 24.3 Å². The fourth-order valence-electron chi connectivity index (χ4n) is 3.30. The predicted octanol–water partition coefficient (Wildman–Crippen LogP) is 3.88. The van der Waals surface area contributed by atoms with Gasteiger partial charge in [-0.3, -0.25) is 9.59 Å². The molecular weight excluding hydrogens is 366 g/mol. The van der Waals surface area contributed by atoms with Gasteiger partial charge in [-0.1, -0.05) is 23.7 Å². The molecular formula is C21H20ClNO4. The molecule has 1 N–H and O–H groups in total. The van der Waals surface area contributed by atoms with E-state index in [-0.39, 0.29) is 30.1 Å². The van der Waals surface area contributed by atoms with Gasteiger partial charge in [0.2, 0.25) is 5.91 Å². The van der Waals surface area contributed by atoms with Crippen molar-refractivity contribution in [1.29, 1.82) is 0 Å². The number of ether oxygens (including phenoxy) is 2. The molecule has 1 saturated carbocycles. The smallest absolute Gasteiger partial charge is 0.221 e. The number of rotatable bonds is 6. The molecule has 2 aromatic carbocycles. The van der Waals surface area contributed by atoms with Gasteiger partial charge >= 0.3 is 0 Å². The molecule has 140 valence electrons. The molecule has 1 aliphatic heterocycles. The van der Waals surface area contributed by atoms with Gasteiger partial charge in [-0.2, -0.15) is 0 Å². The first-order chi connectivity index (χ1) is 13.1. The van der Waals surface area contributed by atoms with E-state index in [4.69, 9.17) is 21.1 Å². The number of benzene rings is 2. The van der Waals surface area contributed by atoms with Crippen molar-refractivity contribution in [2.75, 3.05) is 13.2 Å². The van der Waals surface area contributed by atoms with Crippen LogP contribution in [0.15, 0.2) is 42.5 Å². The Bertz CT molecular complexity index is 874. The molecule has 1 amide bonds. The first-order valence-electron chi connectivity index (χ1n) is 9.06. The number of amides is 1. The number of Topliss-reactive ketones (excluding diaryl/α,β-unsaturated/α-hetero) is 1. The first kappa shape index (κ1) is 17.9. The fraction of sp³-hybridized carbons (Fsp3) is 0.333. The zero-order chi connectivity index (χ0) is 18.9. The van der Waals surface area contributed by atoms with Crippen LogP contribution in [0.5, 0.6) is 11.5 Å². The summed E-state index contributed by atoms with van der Waals surface area (Å²) in [6.45, 7) is 0.982. The van der Waals surface area contributed by atoms with Crippen LogP contribution in [-0.2, 0) is 10.3 Å². The SMILES string of the molecule is O=C(CCC(=O)c1ccc2c(c1)OCCO2)NC1(c2ccc(Cl)cc2)CC1. The zero-order valence-electron chi connectivity index (χ0n) is 14.8. The third-order valence-electron chi connectivity index (χ3n) is 4.97. The maximum absolute atomic E-state index is 12.4. The third kappa shape index (κ3) is 3.93. The summed E-state index contributed by atoms with van der Waals surface area (Å²) in [5.41, 5.74) is 1.28. The van der Waals surface area contributed by atoms with Crippen molar-refractivity contribution in [2.45, 2.75) is 31.2 Å². The Morgan fingerprint density at radius 3 is 2.37 bits per heavy atom. The van der Waals surface area contributed by atoms with Gasteiger partial charge in [0.05, 0.1) is 5.54 Å². The minimum absolute atomic E-state index is 0.0848. The van der Waals surface area contributed by atoms with Gasteiger partial charge in [0.1, 0.15) is 13.2 Å². The Labute approximate surface area is 162 Å². The van der Waals surface area contributed by atoms with Gasteiger partial charge in [-0.25, -0.2) is 0 Å². The quantitative estimate of drug-likeness (QED) is 0.766. The lowest BCUT2D eigenvalue weighted by Gasteiger charge is -2.19. The van der Waals surface area contributed by atoms with Crippen LogP contribution in [-0.4, -0.2) is 24.9 Å². The molecule has 27 heavy (non-hydrogen) atoms. The van der Waals surface area contributed by atoms with Gasteiger partial charge in [0.15, 0.2) is 17.3 Å². The molecule has 2 aromatic rings. The second kappa shape index (κ2) is 7.24. The highest BCUT2D eigenvalue weighted by molar-refractivity contribution is 6.30. The first-order valence-corrected chi connectivity index (χ1v) is 9.43. The molecule has 0 aromatic heterocycles. The molecule has 6 heteroatoms. The van der Waals surface area contributed by atoms with Gasteiger partial charge in [0, 0.05) is 23.4 Å². The molecule has 0 spiro atoms. The summed E-state index contributed by atoms with van der Waals surface area (Å²) in [6.07, 6.45) is 2.11. The van der Waals surface area contributed by atoms with Gasteiger partial charge < -0.3 is 14.8 Å². The number of halogens is 1. The predicted molar refractivity (Wildman–Crippen MR) is 102 cm³/mol. The molecule has 0 radical (unpaired) electrons. The number of hydrogen-bond acceptors (Lipinski definition) is 4. The minimum atomic E-state index is -0.304. The summed E-state index contributed by atoms with van der Waals surface area (Å²) in [6, 6.07) is 12.7. The van der Waals surface area contributed by atoms with E-state index in [9.17, 15) is 9.59 Å². The normalized spacial score (nSPS) is 16.5. The highest BCUT2D eigenvalue weighted by Gasteiger charge is 2.45. The molecule has 0 saturated heterocycles. The Balaban J connectivity index is 1.34. The van der Waals surface area contributed by atoms with Crippen molar-refractivity contribution in [3.8, 4) is 11.5 Å². The number of carbonyl (C=O) groups is 2. The minimum Gasteiger partial charge on any atom is -0.486 e. The van der Waals surface area contributed by atoms with E-state index in [0.717, 1.165) is 18.4 Å². The summed E-state index contributed by atoms with van der Waals surface area (Å²) < 4.78 is 11.0. The average molecular weight is 386 g/mol. The van der Waals surface area contributed by atoms with E-state index in [1.54, 1.807) is 18.2 Å². The van der Waals surface area contributed by atoms with Crippen LogP contribution in [0.1, 0.15) is 41.6 Å². The standard InChI is InChI=1S/C21H20ClNO4/c22-16-4-2-15(3-5-16)21(9-10-21)23-20(25)8-6-17(24)14-1-7-18-19(13-14)27-12-11-26-18/h1-5,7,13H,6,8-12H2,(H,23,25). The molecule has 0 bridgehead atoms. The van der Waals surface area contributed by atoms with Gasteiger partial charge in [-0.05, 0) is 48.7 Å². The summed E-state index contributed by atoms with van der Waals surface area (Å²) in [4.78, 5) is 24.8. The topological polar surface area (TPSA) is 64.6 Å². The average Bonchev–Trinajstić information content (AvgIpc) is 3.46. The van der Waals surface area contributed by atoms with E-state index >= 15 is 0 Å². The largest absolute Gasteiger partial charge is 0.486 e. The molecule has 2 aliphatic rings. The fourth-order valence-corrected chi connectivity index (χ4v) is 3.42. The van der Waals surface area contributed by atoms with Crippen molar-refractivity contribution in [2.24, 2.45) is 0 Å². The summed E-state index contributed by atoms with van der Waals surface area (Å²) in [5.74, 6) is 1.03. The maximum Gasteiger partial charge on any atom is 0.221 e. The Kier molecular flexibility index (Phi) is 4.79. The maximum atomic E-state index is 12.4. The van der Waals surface area contributed by atoms with Crippen LogP contribution in [0, 0.1) is 0 Å². The molecule has 0 atom stereocenters. The number of ketones is 1. The zero-order valence-corrected chi connectivity index (χ0v) is 15.6. The molecule has 1 aliphatic carbocycles. The number of fused-ring (bicyclic) bond motifs is 1. The lowest BCUT2D eigenvalue weighted by Crippen LogP contribution is -2.34. The molecule has 0 unspecified atom stereocenters. The summed E-state index contributed by atoms with van der Waals surface area (Å²) in [7, 11) is 0. The molecule has 5 nitrogen and oxygen atoms in total. The summed E-state index contributed by atoms with van der Waals surface area (Å²) >= 11 is 5.93. The van der Waals surface area contributed by atoms with E-state index in [2.05, 4.69) is 5.32 Å². The van der Waals surface area contributed by atoms with E-state index < -0.39 is 0 Å². The van der Waals surface area contributed by atoms with Crippen LogP contribution in [0.2, 0.25) is 5.02 Å². The van der Waals surface area contributed by atoms with Gasteiger partial charge in [-0.15, -0.1) is 0 Å². The van der Waals surface area contributed by atoms with Crippen LogP contribution >= 0.6 is 11.6 Å². The van der Waals surface area contributed by atoms with Crippen molar-refractivity contribution < 1.29 is 19.1 Å². The number of nitrogens with one attached hydrogen (secondary N) is 1. The van der Waals surface area contributed by atoms with Crippen LogP contribution in [0.25, 0.3) is 0 Å². The Morgan fingerprint density at radius 1 is 0.963 bits per heavy atom. The molecule has 1 heterocycles. The highest BCUT2D eigenvalue weighted by atomic mass is 35.5. The third-order valence-corrected chi connectivity index (χ3v) is 5.22. The van der Waals surface area contributed by atoms with Gasteiger partial charge in [0.25, 0.3) is 0 Å². The lowest BCUT2D eigenvalue weighted by atomic mass is 10.0.